The van der Waals surface area contributed by atoms with Crippen LogP contribution in [0.1, 0.15) is 13.8 Å². The number of rotatable bonds is 8. The second kappa shape index (κ2) is 9.46. The number of amides is 2. The lowest BCUT2D eigenvalue weighted by atomic mass is 10.3. The first-order valence-corrected chi connectivity index (χ1v) is 8.10. The molecule has 0 aliphatic heterocycles. The van der Waals surface area contributed by atoms with E-state index in [1.807, 2.05) is 13.8 Å². The number of carbonyl (C=O) groups excluding carboxylic acids is 2. The van der Waals surface area contributed by atoms with Crippen molar-refractivity contribution in [2.75, 3.05) is 25.5 Å². The first kappa shape index (κ1) is 19.4. The lowest BCUT2D eigenvalue weighted by molar-refractivity contribution is -0.862. The molecule has 1 aromatic carbocycles. The number of hydrogen-bond acceptors (Lipinski definition) is 3. The molecule has 0 saturated heterocycles. The summed E-state index contributed by atoms with van der Waals surface area (Å²) in [5, 5.41) is 5.36. The Bertz CT molecular complexity index is 541. The number of carbonyl (C=O) groups is 2. The average molecular weight is 346 g/mol. The minimum atomic E-state index is -2.55. The molecule has 0 spiro atoms. The van der Waals surface area contributed by atoms with Crippen LogP contribution in [0, 0.1) is 0 Å². The van der Waals surface area contributed by atoms with Crippen LogP contribution in [0.2, 0.25) is 0 Å². The average Bonchev–Trinajstić information content (AvgIpc) is 2.38. The molecule has 128 valence electrons. The van der Waals surface area contributed by atoms with Crippen LogP contribution in [0.5, 0.6) is 0 Å². The van der Waals surface area contributed by atoms with Crippen LogP contribution in [0.25, 0.3) is 0 Å². The molecule has 1 aromatic rings. The summed E-state index contributed by atoms with van der Waals surface area (Å²) in [6.45, 7) is 3.95. The Labute approximate surface area is 138 Å². The fraction of sp³-hybridized carbons (Fsp3) is 0.467. The van der Waals surface area contributed by atoms with E-state index in [0.29, 0.717) is 27.2 Å². The number of anilines is 1. The highest BCUT2D eigenvalue weighted by molar-refractivity contribution is 7.99. The molecule has 0 aliphatic rings. The van der Waals surface area contributed by atoms with Crippen LogP contribution in [0.3, 0.4) is 0 Å². The van der Waals surface area contributed by atoms with Gasteiger partial charge in [-0.3, -0.25) is 9.59 Å². The molecule has 3 N–H and O–H groups in total. The summed E-state index contributed by atoms with van der Waals surface area (Å²) in [7, 11) is 1.72. The molecular formula is C15H22F2N3O2S+. The summed E-state index contributed by atoms with van der Waals surface area (Å²) < 4.78 is 25.0. The molecule has 1 atom stereocenters. The number of hydrogen-bond donors (Lipinski definition) is 3. The molecule has 5 nitrogen and oxygen atoms in total. The largest absolute Gasteiger partial charge is 0.349 e. The van der Waals surface area contributed by atoms with E-state index < -0.39 is 5.76 Å². The highest BCUT2D eigenvalue weighted by Crippen LogP contribution is 2.31. The zero-order valence-electron chi connectivity index (χ0n) is 13.4. The molecule has 0 bridgehead atoms. The third-order valence-electron chi connectivity index (χ3n) is 2.75. The Hall–Kier alpha value is -1.67. The summed E-state index contributed by atoms with van der Waals surface area (Å²) in [5.41, 5.74) is 0.349. The quantitative estimate of drug-likeness (QED) is 0.615. The van der Waals surface area contributed by atoms with Gasteiger partial charge in [-0.15, -0.1) is 0 Å². The molecule has 1 rings (SSSR count). The maximum atomic E-state index is 12.5. The van der Waals surface area contributed by atoms with Gasteiger partial charge in [0.1, 0.15) is 0 Å². The Morgan fingerprint density at radius 1 is 1.17 bits per heavy atom. The molecule has 0 aromatic heterocycles. The maximum absolute atomic E-state index is 12.5. The number of likely N-dealkylation sites (N-methyl/N-ethyl adjacent to an activating group) is 1. The highest BCUT2D eigenvalue weighted by Gasteiger charge is 2.16. The molecule has 0 heterocycles. The third kappa shape index (κ3) is 7.94. The zero-order valence-corrected chi connectivity index (χ0v) is 14.2. The van der Waals surface area contributed by atoms with E-state index in [9.17, 15) is 18.4 Å². The number of halogens is 2. The van der Waals surface area contributed by atoms with Gasteiger partial charge in [-0.25, -0.2) is 0 Å². The number of quaternary nitrogens is 1. The molecule has 1 unspecified atom stereocenters. The van der Waals surface area contributed by atoms with Gasteiger partial charge in [0.25, 0.3) is 17.6 Å². The minimum absolute atomic E-state index is 0.0439. The lowest BCUT2D eigenvalue weighted by Crippen LogP contribution is -3.11. The summed E-state index contributed by atoms with van der Waals surface area (Å²) in [4.78, 5) is 24.7. The maximum Gasteiger partial charge on any atom is 0.288 e. The van der Waals surface area contributed by atoms with Crippen molar-refractivity contribution in [1.82, 2.24) is 5.32 Å². The van der Waals surface area contributed by atoms with Crippen LogP contribution in [-0.2, 0) is 9.59 Å². The Morgan fingerprint density at radius 2 is 1.78 bits per heavy atom. The van der Waals surface area contributed by atoms with Crippen molar-refractivity contribution in [2.24, 2.45) is 0 Å². The van der Waals surface area contributed by atoms with E-state index in [-0.39, 0.29) is 30.9 Å². The molecule has 2 amide bonds. The summed E-state index contributed by atoms with van der Waals surface area (Å²) >= 11 is 0.384. The number of thioether (sulfide) groups is 1. The summed E-state index contributed by atoms with van der Waals surface area (Å²) in [6, 6.07) is 6.44. The highest BCUT2D eigenvalue weighted by atomic mass is 32.2. The monoisotopic (exact) mass is 346 g/mol. The van der Waals surface area contributed by atoms with E-state index in [1.165, 1.54) is 6.07 Å². The van der Waals surface area contributed by atoms with Crippen LogP contribution < -0.4 is 15.5 Å². The van der Waals surface area contributed by atoms with Crippen molar-refractivity contribution < 1.29 is 23.3 Å². The molecule has 0 radical (unpaired) electrons. The van der Waals surface area contributed by atoms with Gasteiger partial charge < -0.3 is 15.5 Å². The molecular weight excluding hydrogens is 324 g/mol. The molecule has 23 heavy (non-hydrogen) atoms. The Kier molecular flexibility index (Phi) is 7.97. The first-order valence-electron chi connectivity index (χ1n) is 7.22. The SMILES string of the molecule is CC(C)NC(=O)C[NH+](C)CC(=O)Nc1ccccc1SC(F)F. The predicted octanol–water partition coefficient (Wildman–Crippen LogP) is 0.979. The van der Waals surface area contributed by atoms with Gasteiger partial charge in [0, 0.05) is 10.9 Å². The van der Waals surface area contributed by atoms with Crippen molar-refractivity contribution >= 4 is 29.3 Å². The summed E-state index contributed by atoms with van der Waals surface area (Å²) in [6.07, 6.45) is 0. The Balaban J connectivity index is 2.55. The van der Waals surface area contributed by atoms with E-state index >= 15 is 0 Å². The second-order valence-electron chi connectivity index (χ2n) is 5.46. The van der Waals surface area contributed by atoms with E-state index in [2.05, 4.69) is 10.6 Å². The zero-order chi connectivity index (χ0) is 17.4. The molecule has 0 aliphatic carbocycles. The van der Waals surface area contributed by atoms with Gasteiger partial charge in [-0.05, 0) is 26.0 Å². The van der Waals surface area contributed by atoms with Crippen LogP contribution in [0.15, 0.2) is 29.2 Å². The van der Waals surface area contributed by atoms with Crippen molar-refractivity contribution in [3.8, 4) is 0 Å². The number of nitrogens with one attached hydrogen (secondary N) is 3. The minimum Gasteiger partial charge on any atom is -0.349 e. The fourth-order valence-electron chi connectivity index (χ4n) is 1.95. The van der Waals surface area contributed by atoms with Gasteiger partial charge in [-0.2, -0.15) is 8.78 Å². The van der Waals surface area contributed by atoms with Crippen LogP contribution in [-0.4, -0.2) is 43.8 Å². The lowest BCUT2D eigenvalue weighted by Gasteiger charge is -2.15. The van der Waals surface area contributed by atoms with Crippen molar-refractivity contribution in [3.05, 3.63) is 24.3 Å². The van der Waals surface area contributed by atoms with Crippen molar-refractivity contribution in [1.29, 1.82) is 0 Å². The molecule has 0 saturated carbocycles. The predicted molar refractivity (Wildman–Crippen MR) is 86.8 cm³/mol. The topological polar surface area (TPSA) is 62.6 Å². The van der Waals surface area contributed by atoms with E-state index in [4.69, 9.17) is 0 Å². The molecule has 0 fully saturated rings. The van der Waals surface area contributed by atoms with Gasteiger partial charge in [0.15, 0.2) is 13.1 Å². The van der Waals surface area contributed by atoms with E-state index in [1.54, 1.807) is 25.2 Å². The van der Waals surface area contributed by atoms with Gasteiger partial charge in [-0.1, -0.05) is 23.9 Å². The van der Waals surface area contributed by atoms with Crippen LogP contribution >= 0.6 is 11.8 Å². The second-order valence-corrected chi connectivity index (χ2v) is 6.49. The smallest absolute Gasteiger partial charge is 0.288 e. The van der Waals surface area contributed by atoms with Crippen LogP contribution in [0.4, 0.5) is 14.5 Å². The number of benzene rings is 1. The third-order valence-corrected chi connectivity index (χ3v) is 3.54. The van der Waals surface area contributed by atoms with E-state index in [0.717, 1.165) is 0 Å². The number of alkyl halides is 2. The van der Waals surface area contributed by atoms with Gasteiger partial charge in [0.2, 0.25) is 0 Å². The molecule has 8 heteroatoms. The number of para-hydroxylation sites is 1. The Morgan fingerprint density at radius 3 is 2.39 bits per heavy atom. The summed E-state index contributed by atoms with van der Waals surface area (Å²) in [5.74, 6) is -3.03. The first-order chi connectivity index (χ1) is 10.8. The van der Waals surface area contributed by atoms with Gasteiger partial charge >= 0.3 is 0 Å². The van der Waals surface area contributed by atoms with Crippen molar-refractivity contribution in [2.45, 2.75) is 30.5 Å². The van der Waals surface area contributed by atoms with Gasteiger partial charge in [0.05, 0.1) is 12.7 Å². The fourth-order valence-corrected chi connectivity index (χ4v) is 2.54. The normalized spacial score (nSPS) is 12.3. The van der Waals surface area contributed by atoms with Crippen molar-refractivity contribution in [3.63, 3.8) is 0 Å². The standard InChI is InChI=1S/C15H21F2N3O2S/c1-10(2)18-13(21)8-20(3)9-14(22)19-11-6-4-5-7-12(11)23-15(16)17/h4-7,10,15H,8-9H2,1-3H3,(H,18,21)(H,19,22)/p+1.